The van der Waals surface area contributed by atoms with Crippen molar-refractivity contribution in [3.8, 4) is 5.75 Å². The minimum atomic E-state index is -0.175. The van der Waals surface area contributed by atoms with E-state index >= 15 is 0 Å². The molecule has 0 heterocycles. The van der Waals surface area contributed by atoms with Crippen molar-refractivity contribution in [1.29, 1.82) is 0 Å². The smallest absolute Gasteiger partial charge is 0.256 e. The lowest BCUT2D eigenvalue weighted by atomic mass is 10.1. The number of amides is 1. The first-order valence-electron chi connectivity index (χ1n) is 7.41. The van der Waals surface area contributed by atoms with Gasteiger partial charge >= 0.3 is 0 Å². The van der Waals surface area contributed by atoms with E-state index in [4.69, 9.17) is 15.2 Å². The number of benzene rings is 2. The zero-order valence-electron chi connectivity index (χ0n) is 14.1. The fourth-order valence-corrected chi connectivity index (χ4v) is 2.18. The van der Waals surface area contributed by atoms with Crippen molar-refractivity contribution in [2.24, 2.45) is 0 Å². The van der Waals surface area contributed by atoms with Crippen LogP contribution in [0.1, 0.15) is 21.5 Å². The zero-order chi connectivity index (χ0) is 16.8. The molecule has 2 rings (SSSR count). The van der Waals surface area contributed by atoms with Gasteiger partial charge in [-0.1, -0.05) is 6.07 Å². The Bertz CT molecular complexity index is 705. The number of hydrogen-bond acceptors (Lipinski definition) is 4. The van der Waals surface area contributed by atoms with E-state index in [-0.39, 0.29) is 18.3 Å². The summed E-state index contributed by atoms with van der Waals surface area (Å²) in [6, 6.07) is 10.8. The Morgan fingerprint density at radius 1 is 1.08 bits per heavy atom. The SMILES string of the molecule is COCCOc1ccc(NC(=O)c2cc(N)ccc2C)c(C)c1.Cl. The molecule has 0 aromatic heterocycles. The molecule has 0 saturated heterocycles. The molecule has 0 aliphatic heterocycles. The third kappa shape index (κ3) is 5.15. The Balaban J connectivity index is 0.00000288. The standard InChI is InChI=1S/C18H22N2O3.ClH/c1-12-4-5-14(19)11-16(12)18(21)20-17-7-6-15(10-13(17)2)23-9-8-22-3;/h4-7,10-11H,8-9,19H2,1-3H3,(H,20,21);1H. The van der Waals surface area contributed by atoms with Crippen molar-refractivity contribution >= 4 is 29.7 Å². The highest BCUT2D eigenvalue weighted by molar-refractivity contribution is 6.06. The fraction of sp³-hybridized carbons (Fsp3) is 0.278. The van der Waals surface area contributed by atoms with Crippen LogP contribution in [-0.4, -0.2) is 26.2 Å². The van der Waals surface area contributed by atoms with Crippen molar-refractivity contribution in [2.75, 3.05) is 31.4 Å². The molecule has 0 fully saturated rings. The molecule has 2 aromatic carbocycles. The Labute approximate surface area is 148 Å². The highest BCUT2D eigenvalue weighted by Crippen LogP contribution is 2.23. The van der Waals surface area contributed by atoms with Gasteiger partial charge in [0, 0.05) is 24.0 Å². The number of nitrogen functional groups attached to an aromatic ring is 1. The van der Waals surface area contributed by atoms with Gasteiger partial charge in [0.15, 0.2) is 0 Å². The van der Waals surface area contributed by atoms with Gasteiger partial charge in [0.2, 0.25) is 0 Å². The highest BCUT2D eigenvalue weighted by atomic mass is 35.5. The summed E-state index contributed by atoms with van der Waals surface area (Å²) in [7, 11) is 1.63. The molecule has 5 nitrogen and oxygen atoms in total. The molecule has 0 saturated carbocycles. The molecule has 0 spiro atoms. The average molecular weight is 351 g/mol. The average Bonchev–Trinajstić information content (AvgIpc) is 2.52. The van der Waals surface area contributed by atoms with Gasteiger partial charge < -0.3 is 20.5 Å². The maximum atomic E-state index is 12.4. The van der Waals surface area contributed by atoms with Crippen molar-refractivity contribution < 1.29 is 14.3 Å². The second-order valence-corrected chi connectivity index (χ2v) is 5.35. The van der Waals surface area contributed by atoms with Crippen LogP contribution in [-0.2, 0) is 4.74 Å². The van der Waals surface area contributed by atoms with Gasteiger partial charge in [-0.2, -0.15) is 0 Å². The lowest BCUT2D eigenvalue weighted by Crippen LogP contribution is -2.14. The van der Waals surface area contributed by atoms with Crippen LogP contribution in [0.15, 0.2) is 36.4 Å². The Kier molecular flexibility index (Phi) is 7.55. The molecule has 0 bridgehead atoms. The van der Waals surface area contributed by atoms with Crippen molar-refractivity contribution in [3.63, 3.8) is 0 Å². The number of anilines is 2. The first kappa shape index (κ1) is 19.8. The molecule has 0 aliphatic rings. The molecule has 24 heavy (non-hydrogen) atoms. The number of nitrogens with one attached hydrogen (secondary N) is 1. The fourth-order valence-electron chi connectivity index (χ4n) is 2.18. The van der Waals surface area contributed by atoms with Gasteiger partial charge in [-0.3, -0.25) is 4.79 Å². The number of halogens is 1. The van der Waals surface area contributed by atoms with Crippen molar-refractivity contribution in [1.82, 2.24) is 0 Å². The predicted octanol–water partition coefficient (Wildman–Crippen LogP) is 3.58. The van der Waals surface area contributed by atoms with Crippen LogP contribution < -0.4 is 15.8 Å². The molecule has 0 atom stereocenters. The van der Waals surface area contributed by atoms with E-state index in [9.17, 15) is 4.79 Å². The van der Waals surface area contributed by atoms with Crippen LogP contribution in [0.2, 0.25) is 0 Å². The van der Waals surface area contributed by atoms with Gasteiger partial charge in [0.05, 0.1) is 6.61 Å². The van der Waals surface area contributed by atoms with E-state index in [1.807, 2.05) is 38.1 Å². The van der Waals surface area contributed by atoms with Crippen LogP contribution in [0.4, 0.5) is 11.4 Å². The summed E-state index contributed by atoms with van der Waals surface area (Å²) in [5, 5.41) is 2.91. The summed E-state index contributed by atoms with van der Waals surface area (Å²) in [6.45, 7) is 4.83. The van der Waals surface area contributed by atoms with Gasteiger partial charge in [0.25, 0.3) is 5.91 Å². The lowest BCUT2D eigenvalue weighted by Gasteiger charge is -2.12. The number of nitrogens with two attached hydrogens (primary N) is 1. The lowest BCUT2D eigenvalue weighted by molar-refractivity contribution is 0.102. The van der Waals surface area contributed by atoms with Gasteiger partial charge in [-0.15, -0.1) is 12.4 Å². The van der Waals surface area contributed by atoms with Gasteiger partial charge in [-0.05, 0) is 55.3 Å². The summed E-state index contributed by atoms with van der Waals surface area (Å²) < 4.78 is 10.5. The third-order valence-electron chi connectivity index (χ3n) is 3.51. The van der Waals surface area contributed by atoms with Crippen molar-refractivity contribution in [3.05, 3.63) is 53.1 Å². The molecule has 6 heteroatoms. The number of ether oxygens (including phenoxy) is 2. The van der Waals surface area contributed by atoms with E-state index in [0.29, 0.717) is 24.5 Å². The van der Waals surface area contributed by atoms with E-state index in [1.54, 1.807) is 19.2 Å². The number of carbonyl (C=O) groups excluding carboxylic acids is 1. The van der Waals surface area contributed by atoms with E-state index < -0.39 is 0 Å². The Hall–Kier alpha value is -2.24. The molecule has 2 aromatic rings. The minimum Gasteiger partial charge on any atom is -0.491 e. The molecule has 3 N–H and O–H groups in total. The first-order valence-corrected chi connectivity index (χ1v) is 7.41. The van der Waals surface area contributed by atoms with Crippen LogP contribution in [0.25, 0.3) is 0 Å². The molecule has 0 aliphatic carbocycles. The number of hydrogen-bond donors (Lipinski definition) is 2. The van der Waals surface area contributed by atoms with Crippen LogP contribution in [0.5, 0.6) is 5.75 Å². The van der Waals surface area contributed by atoms with Crippen molar-refractivity contribution in [2.45, 2.75) is 13.8 Å². The number of rotatable bonds is 6. The molecular weight excluding hydrogens is 328 g/mol. The van der Waals surface area contributed by atoms with Crippen LogP contribution in [0, 0.1) is 13.8 Å². The summed E-state index contributed by atoms with van der Waals surface area (Å²) in [5.74, 6) is 0.573. The summed E-state index contributed by atoms with van der Waals surface area (Å²) >= 11 is 0. The topological polar surface area (TPSA) is 73.6 Å². The van der Waals surface area contributed by atoms with Crippen LogP contribution in [0.3, 0.4) is 0 Å². The second kappa shape index (κ2) is 9.15. The highest BCUT2D eigenvalue weighted by Gasteiger charge is 2.11. The molecular formula is C18H23ClN2O3. The molecule has 0 radical (unpaired) electrons. The second-order valence-electron chi connectivity index (χ2n) is 5.35. The summed E-state index contributed by atoms with van der Waals surface area (Å²) in [5.41, 5.74) is 9.46. The molecule has 130 valence electrons. The third-order valence-corrected chi connectivity index (χ3v) is 3.51. The zero-order valence-corrected chi connectivity index (χ0v) is 14.9. The monoisotopic (exact) mass is 350 g/mol. The Morgan fingerprint density at radius 2 is 1.83 bits per heavy atom. The number of aryl methyl sites for hydroxylation is 2. The van der Waals surface area contributed by atoms with E-state index in [1.165, 1.54) is 0 Å². The van der Waals surface area contributed by atoms with Gasteiger partial charge in [0.1, 0.15) is 12.4 Å². The van der Waals surface area contributed by atoms with E-state index in [0.717, 1.165) is 22.6 Å². The minimum absolute atomic E-state index is 0. The summed E-state index contributed by atoms with van der Waals surface area (Å²) in [4.78, 5) is 12.4. The van der Waals surface area contributed by atoms with E-state index in [2.05, 4.69) is 5.32 Å². The normalized spacial score (nSPS) is 9.96. The molecule has 1 amide bonds. The largest absolute Gasteiger partial charge is 0.491 e. The summed E-state index contributed by atoms with van der Waals surface area (Å²) in [6.07, 6.45) is 0. The first-order chi connectivity index (χ1) is 11.0. The quantitative estimate of drug-likeness (QED) is 0.616. The maximum absolute atomic E-state index is 12.4. The maximum Gasteiger partial charge on any atom is 0.256 e. The van der Waals surface area contributed by atoms with Gasteiger partial charge in [-0.25, -0.2) is 0 Å². The number of carbonyl (C=O) groups is 1. The number of methoxy groups -OCH3 is 1. The Morgan fingerprint density at radius 3 is 2.50 bits per heavy atom. The molecule has 0 unspecified atom stereocenters. The predicted molar refractivity (Wildman–Crippen MR) is 99.3 cm³/mol. The van der Waals surface area contributed by atoms with Crippen LogP contribution >= 0.6 is 12.4 Å².